The van der Waals surface area contributed by atoms with Gasteiger partial charge in [-0.1, -0.05) is 0 Å². The lowest BCUT2D eigenvalue weighted by Crippen LogP contribution is -2.50. The number of hydrogen-bond donors (Lipinski definition) is 0. The molecule has 0 N–H and O–H groups in total. The van der Waals surface area contributed by atoms with E-state index in [1.54, 1.807) is 52.5 Å². The fourth-order valence-electron chi connectivity index (χ4n) is 3.15. The molecule has 2 aliphatic rings. The summed E-state index contributed by atoms with van der Waals surface area (Å²) in [5.41, 5.74) is 1.19. The second-order valence-corrected chi connectivity index (χ2v) is 6.18. The number of aromatic nitrogens is 1. The van der Waals surface area contributed by atoms with Crippen LogP contribution in [0.1, 0.15) is 20.7 Å². The van der Waals surface area contributed by atoms with E-state index in [1.807, 2.05) is 0 Å². The van der Waals surface area contributed by atoms with Crippen LogP contribution in [0.3, 0.4) is 0 Å². The van der Waals surface area contributed by atoms with Crippen molar-refractivity contribution in [3.63, 3.8) is 0 Å². The molecule has 0 atom stereocenters. The third-order valence-corrected chi connectivity index (χ3v) is 4.57. The van der Waals surface area contributed by atoms with Gasteiger partial charge in [0.15, 0.2) is 11.5 Å². The fraction of sp³-hybridized carbons (Fsp3) is 0.316. The van der Waals surface area contributed by atoms with Crippen molar-refractivity contribution in [2.75, 3.05) is 39.4 Å². The summed E-state index contributed by atoms with van der Waals surface area (Å²) in [6, 6.07) is 8.66. The molecule has 0 spiro atoms. The minimum atomic E-state index is -0.0574. The normalized spacial score (nSPS) is 16.3. The first-order chi connectivity index (χ1) is 12.7. The highest BCUT2D eigenvalue weighted by Crippen LogP contribution is 2.31. The fourth-order valence-corrected chi connectivity index (χ4v) is 3.15. The minimum Gasteiger partial charge on any atom is -0.486 e. The molecule has 2 aliphatic heterocycles. The van der Waals surface area contributed by atoms with Gasteiger partial charge in [-0.3, -0.25) is 14.6 Å². The zero-order valence-corrected chi connectivity index (χ0v) is 14.3. The topological polar surface area (TPSA) is 72.0 Å². The molecular weight excluding hydrogens is 334 g/mol. The van der Waals surface area contributed by atoms with Crippen molar-refractivity contribution >= 4 is 11.8 Å². The SMILES string of the molecule is O=C(c1ccncc1)N1CCN(C(=O)c2ccc3c(c2)OCCO3)CC1. The van der Waals surface area contributed by atoms with Gasteiger partial charge in [-0.25, -0.2) is 0 Å². The molecule has 0 unspecified atom stereocenters. The van der Waals surface area contributed by atoms with Crippen LogP contribution in [0.5, 0.6) is 11.5 Å². The molecule has 7 heteroatoms. The van der Waals surface area contributed by atoms with Gasteiger partial charge >= 0.3 is 0 Å². The van der Waals surface area contributed by atoms with E-state index in [1.165, 1.54) is 0 Å². The lowest BCUT2D eigenvalue weighted by atomic mass is 10.1. The predicted molar refractivity (Wildman–Crippen MR) is 93.5 cm³/mol. The molecule has 0 radical (unpaired) electrons. The third-order valence-electron chi connectivity index (χ3n) is 4.57. The minimum absolute atomic E-state index is 0.0289. The predicted octanol–water partition coefficient (Wildman–Crippen LogP) is 1.45. The Morgan fingerprint density at radius 2 is 1.35 bits per heavy atom. The summed E-state index contributed by atoms with van der Waals surface area (Å²) in [4.78, 5) is 32.7. The summed E-state index contributed by atoms with van der Waals surface area (Å²) in [7, 11) is 0. The van der Waals surface area contributed by atoms with Crippen LogP contribution in [0.15, 0.2) is 42.7 Å². The van der Waals surface area contributed by atoms with E-state index in [0.717, 1.165) is 0 Å². The summed E-state index contributed by atoms with van der Waals surface area (Å²) in [5, 5.41) is 0. The van der Waals surface area contributed by atoms with Crippen LogP contribution in [0.2, 0.25) is 0 Å². The standard InChI is InChI=1S/C19H19N3O4/c23-18(14-3-5-20-6-4-14)21-7-9-22(10-8-21)19(24)15-1-2-16-17(13-15)26-12-11-25-16/h1-6,13H,7-12H2. The Morgan fingerprint density at radius 3 is 2.00 bits per heavy atom. The van der Waals surface area contributed by atoms with Crippen molar-refractivity contribution in [2.24, 2.45) is 0 Å². The summed E-state index contributed by atoms with van der Waals surface area (Å²) in [6.07, 6.45) is 3.21. The average Bonchev–Trinajstić information content (AvgIpc) is 2.73. The van der Waals surface area contributed by atoms with Gasteiger partial charge in [0, 0.05) is 49.7 Å². The molecule has 1 aromatic heterocycles. The van der Waals surface area contributed by atoms with E-state index in [2.05, 4.69) is 4.98 Å². The molecule has 0 aliphatic carbocycles. The molecular formula is C19H19N3O4. The molecule has 3 heterocycles. The Kier molecular flexibility index (Phi) is 4.43. The maximum atomic E-state index is 12.7. The largest absolute Gasteiger partial charge is 0.486 e. The van der Waals surface area contributed by atoms with Crippen molar-refractivity contribution in [1.29, 1.82) is 0 Å². The Bertz CT molecular complexity index is 817. The van der Waals surface area contributed by atoms with E-state index in [9.17, 15) is 9.59 Å². The number of fused-ring (bicyclic) bond motifs is 1. The van der Waals surface area contributed by atoms with Crippen molar-refractivity contribution < 1.29 is 19.1 Å². The number of benzene rings is 1. The average molecular weight is 353 g/mol. The molecule has 0 bridgehead atoms. The zero-order chi connectivity index (χ0) is 17.9. The zero-order valence-electron chi connectivity index (χ0n) is 14.3. The van der Waals surface area contributed by atoms with Crippen LogP contribution in [0.4, 0.5) is 0 Å². The first kappa shape index (κ1) is 16.4. The monoisotopic (exact) mass is 353 g/mol. The quantitative estimate of drug-likeness (QED) is 0.817. The first-order valence-electron chi connectivity index (χ1n) is 8.60. The van der Waals surface area contributed by atoms with Crippen LogP contribution >= 0.6 is 0 Å². The Hall–Kier alpha value is -3.09. The van der Waals surface area contributed by atoms with Crippen LogP contribution < -0.4 is 9.47 Å². The number of ether oxygens (including phenoxy) is 2. The molecule has 1 aromatic carbocycles. The highest BCUT2D eigenvalue weighted by atomic mass is 16.6. The summed E-state index contributed by atoms with van der Waals surface area (Å²) in [5.74, 6) is 1.19. The number of piperazine rings is 1. The van der Waals surface area contributed by atoms with Gasteiger partial charge in [-0.05, 0) is 30.3 Å². The molecule has 7 nitrogen and oxygen atoms in total. The van der Waals surface area contributed by atoms with Gasteiger partial charge in [-0.15, -0.1) is 0 Å². The molecule has 1 saturated heterocycles. The lowest BCUT2D eigenvalue weighted by Gasteiger charge is -2.35. The number of carbonyl (C=O) groups is 2. The van der Waals surface area contributed by atoms with Gasteiger partial charge in [0.1, 0.15) is 13.2 Å². The summed E-state index contributed by atoms with van der Waals surface area (Å²) in [6.45, 7) is 3.04. The number of rotatable bonds is 2. The molecule has 4 rings (SSSR count). The highest BCUT2D eigenvalue weighted by molar-refractivity contribution is 5.96. The Balaban J connectivity index is 1.40. The lowest BCUT2D eigenvalue weighted by molar-refractivity contribution is 0.0535. The van der Waals surface area contributed by atoms with Crippen LogP contribution in [-0.2, 0) is 0 Å². The number of carbonyl (C=O) groups excluding carboxylic acids is 2. The van der Waals surface area contributed by atoms with Crippen molar-refractivity contribution in [1.82, 2.24) is 14.8 Å². The number of pyridine rings is 1. The van der Waals surface area contributed by atoms with E-state index < -0.39 is 0 Å². The van der Waals surface area contributed by atoms with Crippen molar-refractivity contribution in [3.05, 3.63) is 53.9 Å². The Labute approximate surface area is 151 Å². The number of nitrogens with zero attached hydrogens (tertiary/aromatic N) is 3. The van der Waals surface area contributed by atoms with E-state index in [-0.39, 0.29) is 11.8 Å². The van der Waals surface area contributed by atoms with E-state index in [4.69, 9.17) is 9.47 Å². The summed E-state index contributed by atoms with van der Waals surface area (Å²) < 4.78 is 11.0. The van der Waals surface area contributed by atoms with Crippen molar-refractivity contribution in [3.8, 4) is 11.5 Å². The maximum Gasteiger partial charge on any atom is 0.254 e. The van der Waals surface area contributed by atoms with Crippen LogP contribution in [0.25, 0.3) is 0 Å². The second kappa shape index (κ2) is 7.03. The maximum absolute atomic E-state index is 12.7. The van der Waals surface area contributed by atoms with Gasteiger partial charge in [0.05, 0.1) is 0 Å². The molecule has 134 valence electrons. The molecule has 2 amide bonds. The van der Waals surface area contributed by atoms with Gasteiger partial charge in [-0.2, -0.15) is 0 Å². The van der Waals surface area contributed by atoms with Crippen molar-refractivity contribution in [2.45, 2.75) is 0 Å². The van der Waals surface area contributed by atoms with E-state index >= 15 is 0 Å². The van der Waals surface area contributed by atoms with Crippen LogP contribution in [-0.4, -0.2) is 66.0 Å². The molecule has 2 aromatic rings. The van der Waals surface area contributed by atoms with Crippen LogP contribution in [0, 0.1) is 0 Å². The molecule has 0 saturated carbocycles. The number of hydrogen-bond acceptors (Lipinski definition) is 5. The molecule has 1 fully saturated rings. The second-order valence-electron chi connectivity index (χ2n) is 6.18. The summed E-state index contributed by atoms with van der Waals surface area (Å²) >= 11 is 0. The first-order valence-corrected chi connectivity index (χ1v) is 8.60. The third kappa shape index (κ3) is 3.20. The van der Waals surface area contributed by atoms with E-state index in [0.29, 0.717) is 62.0 Å². The van der Waals surface area contributed by atoms with Gasteiger partial charge in [0.25, 0.3) is 11.8 Å². The smallest absolute Gasteiger partial charge is 0.254 e. The Morgan fingerprint density at radius 1 is 0.769 bits per heavy atom. The highest BCUT2D eigenvalue weighted by Gasteiger charge is 2.26. The molecule has 26 heavy (non-hydrogen) atoms. The van der Waals surface area contributed by atoms with Gasteiger partial charge in [0.2, 0.25) is 0 Å². The van der Waals surface area contributed by atoms with Gasteiger partial charge < -0.3 is 19.3 Å². The number of amides is 2.